The van der Waals surface area contributed by atoms with Gasteiger partial charge in [0.15, 0.2) is 0 Å². The van der Waals surface area contributed by atoms with Crippen LogP contribution < -0.4 is 9.47 Å². The van der Waals surface area contributed by atoms with Gasteiger partial charge in [0.2, 0.25) is 0 Å². The van der Waals surface area contributed by atoms with Gasteiger partial charge in [0.25, 0.3) is 0 Å². The van der Waals surface area contributed by atoms with E-state index in [-0.39, 0.29) is 26.4 Å². The summed E-state index contributed by atoms with van der Waals surface area (Å²) in [5.74, 6) is 1.44. The van der Waals surface area contributed by atoms with Crippen molar-refractivity contribution in [3.8, 4) is 33.8 Å². The summed E-state index contributed by atoms with van der Waals surface area (Å²) in [6.45, 7) is 0.426. The van der Waals surface area contributed by atoms with Gasteiger partial charge in [0.05, 0.1) is 18.6 Å². The van der Waals surface area contributed by atoms with E-state index in [9.17, 15) is 10.2 Å². The van der Waals surface area contributed by atoms with Gasteiger partial charge in [-0.25, -0.2) is 0 Å². The summed E-state index contributed by atoms with van der Waals surface area (Å²) in [4.78, 5) is 0. The maximum atomic E-state index is 9.32. The highest BCUT2D eigenvalue weighted by Crippen LogP contribution is 2.57. The Bertz CT molecular complexity index is 2130. The molecule has 0 atom stereocenters. The molecule has 0 unspecified atom stereocenters. The van der Waals surface area contributed by atoms with E-state index in [4.69, 9.17) is 9.47 Å². The van der Waals surface area contributed by atoms with E-state index in [1.807, 2.05) is 35.6 Å². The summed E-state index contributed by atoms with van der Waals surface area (Å²) in [7, 11) is 0. The average Bonchev–Trinajstić information content (AvgIpc) is 3.64. The number of rotatable bonds is 9. The minimum atomic E-state index is -0.610. The predicted molar refractivity (Wildman–Crippen MR) is 187 cm³/mol. The van der Waals surface area contributed by atoms with E-state index in [0.717, 1.165) is 22.6 Å². The first kappa shape index (κ1) is 28.5. The van der Waals surface area contributed by atoms with Gasteiger partial charge in [-0.05, 0) is 80.9 Å². The zero-order chi connectivity index (χ0) is 31.1. The summed E-state index contributed by atoms with van der Waals surface area (Å²) < 4.78 is 14.1. The third-order valence-corrected chi connectivity index (χ3v) is 10.3. The third-order valence-electron chi connectivity index (χ3n) is 9.05. The highest BCUT2D eigenvalue weighted by atomic mass is 32.1. The molecule has 1 aliphatic rings. The number of hydrogen-bond acceptors (Lipinski definition) is 5. The van der Waals surface area contributed by atoms with Crippen LogP contribution >= 0.6 is 11.3 Å². The summed E-state index contributed by atoms with van der Waals surface area (Å²) in [6, 6.07) is 47.5. The molecule has 4 nitrogen and oxygen atoms in total. The van der Waals surface area contributed by atoms with Gasteiger partial charge < -0.3 is 19.7 Å². The molecule has 46 heavy (non-hydrogen) atoms. The molecule has 6 aromatic carbocycles. The molecular formula is C41H32O4S. The topological polar surface area (TPSA) is 58.9 Å². The SMILES string of the molecule is OCCOc1ccc(C2(c3ccc(OCCO)cc3)c3ccccc3-c3ccc(-c4cccc5c4sc4ccccc45)cc32)cc1. The van der Waals surface area contributed by atoms with Crippen molar-refractivity contribution in [2.24, 2.45) is 0 Å². The molecule has 0 spiro atoms. The Morgan fingerprint density at radius 3 is 1.80 bits per heavy atom. The van der Waals surface area contributed by atoms with Crippen LogP contribution in [0.5, 0.6) is 11.5 Å². The molecule has 0 saturated heterocycles. The normalized spacial score (nSPS) is 13.1. The first-order valence-corrected chi connectivity index (χ1v) is 16.4. The van der Waals surface area contributed by atoms with Crippen LogP contribution in [0.4, 0.5) is 0 Å². The molecule has 0 radical (unpaired) electrons. The van der Waals surface area contributed by atoms with Crippen LogP contribution in [0.3, 0.4) is 0 Å². The van der Waals surface area contributed by atoms with Crippen molar-refractivity contribution in [3.63, 3.8) is 0 Å². The summed E-state index contributed by atoms with van der Waals surface area (Å²) in [5.41, 5.74) is 8.90. The molecule has 8 rings (SSSR count). The number of fused-ring (bicyclic) bond motifs is 6. The molecule has 2 N–H and O–H groups in total. The van der Waals surface area contributed by atoms with Crippen LogP contribution in [0.25, 0.3) is 42.4 Å². The van der Waals surface area contributed by atoms with Crippen molar-refractivity contribution < 1.29 is 19.7 Å². The first-order valence-electron chi connectivity index (χ1n) is 15.6. The van der Waals surface area contributed by atoms with Gasteiger partial charge in [-0.3, -0.25) is 0 Å². The number of aliphatic hydroxyl groups is 2. The number of ether oxygens (including phenoxy) is 2. The zero-order valence-corrected chi connectivity index (χ0v) is 26.0. The maximum Gasteiger partial charge on any atom is 0.119 e. The molecule has 226 valence electrons. The highest BCUT2D eigenvalue weighted by Gasteiger charge is 2.46. The fourth-order valence-electron chi connectivity index (χ4n) is 7.14. The van der Waals surface area contributed by atoms with E-state index in [1.54, 1.807) is 0 Å². The number of thiophene rings is 1. The van der Waals surface area contributed by atoms with Crippen molar-refractivity contribution in [1.82, 2.24) is 0 Å². The van der Waals surface area contributed by atoms with E-state index in [0.29, 0.717) is 0 Å². The second-order valence-corrected chi connectivity index (χ2v) is 12.6. The molecule has 7 aromatic rings. The van der Waals surface area contributed by atoms with Crippen LogP contribution in [-0.2, 0) is 5.41 Å². The number of benzene rings is 6. The van der Waals surface area contributed by atoms with E-state index >= 15 is 0 Å². The lowest BCUT2D eigenvalue weighted by molar-refractivity contribution is 0.201. The molecule has 0 aliphatic heterocycles. The Hall–Kier alpha value is -4.94. The number of aliphatic hydroxyl groups excluding tert-OH is 2. The Morgan fingerprint density at radius 1 is 0.522 bits per heavy atom. The average molecular weight is 621 g/mol. The van der Waals surface area contributed by atoms with Crippen LogP contribution in [0.1, 0.15) is 22.3 Å². The fraction of sp³-hybridized carbons (Fsp3) is 0.122. The lowest BCUT2D eigenvalue weighted by Gasteiger charge is -2.34. The lowest BCUT2D eigenvalue weighted by atomic mass is 9.67. The smallest absolute Gasteiger partial charge is 0.119 e. The van der Waals surface area contributed by atoms with Crippen LogP contribution in [0, 0.1) is 0 Å². The van der Waals surface area contributed by atoms with Gasteiger partial charge >= 0.3 is 0 Å². The van der Waals surface area contributed by atoms with Gasteiger partial charge in [0.1, 0.15) is 24.7 Å². The quantitative estimate of drug-likeness (QED) is 0.169. The van der Waals surface area contributed by atoms with Crippen molar-refractivity contribution in [3.05, 3.63) is 156 Å². The van der Waals surface area contributed by atoms with Crippen LogP contribution in [-0.4, -0.2) is 36.6 Å². The lowest BCUT2D eigenvalue weighted by Crippen LogP contribution is -2.28. The zero-order valence-electron chi connectivity index (χ0n) is 25.1. The van der Waals surface area contributed by atoms with Crippen molar-refractivity contribution >= 4 is 31.5 Å². The molecule has 1 heterocycles. The fourth-order valence-corrected chi connectivity index (χ4v) is 8.38. The molecule has 0 amide bonds. The molecular weight excluding hydrogens is 589 g/mol. The minimum Gasteiger partial charge on any atom is -0.491 e. The molecule has 0 saturated carbocycles. The standard InChI is InChI=1S/C41H32O4S/c42-22-24-44-30-17-13-28(14-18-30)41(29-15-19-31(20-16-29)45-25-23-43)37-10-3-1-6-33(37)34-21-12-27(26-38(34)41)32-8-5-9-36-35-7-2-4-11-39(35)46-40(32)36/h1-21,26,42-43H,22-25H2. The van der Waals surface area contributed by atoms with Crippen LogP contribution in [0.15, 0.2) is 133 Å². The Balaban J connectivity index is 1.38. The first-order chi connectivity index (χ1) is 22.7. The van der Waals surface area contributed by atoms with E-state index in [2.05, 4.69) is 109 Å². The van der Waals surface area contributed by atoms with E-state index < -0.39 is 5.41 Å². The minimum absolute atomic E-state index is 0.0352. The largest absolute Gasteiger partial charge is 0.491 e. The van der Waals surface area contributed by atoms with Gasteiger partial charge in [0, 0.05) is 20.2 Å². The van der Waals surface area contributed by atoms with Gasteiger partial charge in [-0.2, -0.15) is 0 Å². The second kappa shape index (κ2) is 11.8. The number of hydrogen-bond donors (Lipinski definition) is 2. The Labute approximate surface area is 271 Å². The van der Waals surface area contributed by atoms with Crippen molar-refractivity contribution in [2.45, 2.75) is 5.41 Å². The summed E-state index contributed by atoms with van der Waals surface area (Å²) in [5, 5.41) is 21.2. The molecule has 1 aromatic heterocycles. The molecule has 0 bridgehead atoms. The Kier molecular flexibility index (Phi) is 7.30. The Morgan fingerprint density at radius 2 is 1.11 bits per heavy atom. The van der Waals surface area contributed by atoms with Crippen LogP contribution in [0.2, 0.25) is 0 Å². The van der Waals surface area contributed by atoms with Crippen molar-refractivity contribution in [1.29, 1.82) is 0 Å². The molecule has 5 heteroatoms. The second-order valence-electron chi connectivity index (χ2n) is 11.5. The van der Waals surface area contributed by atoms with Crippen molar-refractivity contribution in [2.75, 3.05) is 26.4 Å². The molecule has 0 fully saturated rings. The third kappa shape index (κ3) is 4.51. The molecule has 1 aliphatic carbocycles. The summed E-state index contributed by atoms with van der Waals surface area (Å²) >= 11 is 1.85. The highest BCUT2D eigenvalue weighted by molar-refractivity contribution is 7.26. The van der Waals surface area contributed by atoms with E-state index in [1.165, 1.54) is 53.6 Å². The monoisotopic (exact) mass is 620 g/mol. The summed E-state index contributed by atoms with van der Waals surface area (Å²) in [6.07, 6.45) is 0. The van der Waals surface area contributed by atoms with Gasteiger partial charge in [-0.1, -0.05) is 97.1 Å². The predicted octanol–water partition coefficient (Wildman–Crippen LogP) is 8.83. The maximum absolute atomic E-state index is 9.32. The van der Waals surface area contributed by atoms with Gasteiger partial charge in [-0.15, -0.1) is 11.3 Å².